The molecule has 0 N–H and O–H groups in total. The molecular formula is C19H11FO. The van der Waals surface area contributed by atoms with E-state index in [9.17, 15) is 9.18 Å². The monoisotopic (exact) mass is 274 g/mol. The zero-order chi connectivity index (χ0) is 14.4. The van der Waals surface area contributed by atoms with E-state index in [1.54, 1.807) is 18.2 Å². The minimum Gasteiger partial charge on any atom is -0.289 e. The van der Waals surface area contributed by atoms with Gasteiger partial charge in [-0.2, -0.15) is 0 Å². The second-order valence-electron chi connectivity index (χ2n) is 5.15. The van der Waals surface area contributed by atoms with Crippen molar-refractivity contribution in [1.29, 1.82) is 0 Å². The van der Waals surface area contributed by atoms with Crippen LogP contribution < -0.4 is 10.6 Å². The van der Waals surface area contributed by atoms with Gasteiger partial charge in [0.25, 0.3) is 0 Å². The summed E-state index contributed by atoms with van der Waals surface area (Å²) in [5.41, 5.74) is 0.703. The maximum absolute atomic E-state index is 13.3. The first-order chi connectivity index (χ1) is 10.2. The van der Waals surface area contributed by atoms with Gasteiger partial charge < -0.3 is 0 Å². The normalized spacial score (nSPS) is 12.5. The lowest BCUT2D eigenvalue weighted by molar-refractivity contribution is 0.627. The van der Waals surface area contributed by atoms with Gasteiger partial charge >= 0.3 is 0 Å². The molecule has 0 amide bonds. The van der Waals surface area contributed by atoms with E-state index in [1.807, 2.05) is 36.4 Å². The van der Waals surface area contributed by atoms with Crippen LogP contribution in [-0.2, 0) is 0 Å². The molecule has 0 saturated carbocycles. The van der Waals surface area contributed by atoms with Gasteiger partial charge in [0.1, 0.15) is 5.82 Å². The average molecular weight is 274 g/mol. The van der Waals surface area contributed by atoms with Gasteiger partial charge in [-0.3, -0.25) is 4.79 Å². The van der Waals surface area contributed by atoms with Crippen molar-refractivity contribution >= 4 is 27.6 Å². The van der Waals surface area contributed by atoms with Crippen molar-refractivity contribution in [2.24, 2.45) is 0 Å². The molecule has 4 rings (SSSR count). The van der Waals surface area contributed by atoms with Gasteiger partial charge in [0.15, 0.2) is 5.43 Å². The number of hydrogen-bond donors (Lipinski definition) is 0. The van der Waals surface area contributed by atoms with Gasteiger partial charge in [0.05, 0.1) is 0 Å². The maximum atomic E-state index is 13.3. The molecule has 0 aliphatic rings. The van der Waals surface area contributed by atoms with Crippen molar-refractivity contribution in [2.75, 3.05) is 0 Å². The van der Waals surface area contributed by atoms with E-state index in [0.717, 1.165) is 21.5 Å². The van der Waals surface area contributed by atoms with Crippen LogP contribution in [0, 0.1) is 5.82 Å². The quantitative estimate of drug-likeness (QED) is 0.519. The van der Waals surface area contributed by atoms with Crippen LogP contribution in [0.4, 0.5) is 4.39 Å². The molecule has 0 spiro atoms. The molecule has 0 radical (unpaired) electrons. The average Bonchev–Trinajstić information content (AvgIpc) is 2.76. The summed E-state index contributed by atoms with van der Waals surface area (Å²) in [4.78, 5) is 12.6. The molecule has 100 valence electrons. The van der Waals surface area contributed by atoms with Crippen LogP contribution in [-0.4, -0.2) is 0 Å². The third-order valence-electron chi connectivity index (χ3n) is 3.84. The first kappa shape index (κ1) is 12.0. The van der Waals surface area contributed by atoms with Crippen molar-refractivity contribution in [1.82, 2.24) is 0 Å². The standard InChI is InChI=1S/C19H11FO/c20-14-7-1-4-12(10-14)11-17-15-8-2-5-13-6-3-9-16(18(13)15)19(17)21/h1-11H/b17-11+. The SMILES string of the molecule is O=c1/c(=C/c2cccc(F)c2)c2cccc3cccc1c32. The van der Waals surface area contributed by atoms with Gasteiger partial charge in [0.2, 0.25) is 0 Å². The molecule has 4 aromatic carbocycles. The Bertz CT molecular complexity index is 1060. The summed E-state index contributed by atoms with van der Waals surface area (Å²) >= 11 is 0. The van der Waals surface area contributed by atoms with Crippen molar-refractivity contribution in [3.8, 4) is 0 Å². The highest BCUT2D eigenvalue weighted by Gasteiger charge is 2.10. The van der Waals surface area contributed by atoms with Gasteiger partial charge in [-0.05, 0) is 34.5 Å². The summed E-state index contributed by atoms with van der Waals surface area (Å²) in [6.45, 7) is 0. The third kappa shape index (κ3) is 1.80. The maximum Gasteiger partial charge on any atom is 0.194 e. The molecule has 0 unspecified atom stereocenters. The van der Waals surface area contributed by atoms with Crippen LogP contribution in [0.25, 0.3) is 27.6 Å². The number of rotatable bonds is 1. The fourth-order valence-corrected chi connectivity index (χ4v) is 2.93. The summed E-state index contributed by atoms with van der Waals surface area (Å²) in [5, 5.41) is 4.34. The molecule has 0 heterocycles. The highest BCUT2D eigenvalue weighted by atomic mass is 19.1. The van der Waals surface area contributed by atoms with E-state index in [4.69, 9.17) is 0 Å². The highest BCUT2D eigenvalue weighted by molar-refractivity contribution is 6.12. The molecule has 0 aromatic heterocycles. The fraction of sp³-hybridized carbons (Fsp3) is 0. The number of hydrogen-bond acceptors (Lipinski definition) is 1. The Kier molecular flexibility index (Phi) is 2.51. The molecule has 2 heteroatoms. The highest BCUT2D eigenvalue weighted by Crippen LogP contribution is 2.22. The second kappa shape index (κ2) is 4.38. The molecule has 0 bridgehead atoms. The number of benzene rings is 3. The van der Waals surface area contributed by atoms with Crippen LogP contribution in [0.1, 0.15) is 5.56 Å². The molecule has 1 nitrogen and oxygen atoms in total. The van der Waals surface area contributed by atoms with E-state index in [-0.39, 0.29) is 11.2 Å². The van der Waals surface area contributed by atoms with Crippen LogP contribution in [0.2, 0.25) is 0 Å². The van der Waals surface area contributed by atoms with E-state index < -0.39 is 0 Å². The van der Waals surface area contributed by atoms with E-state index >= 15 is 0 Å². The van der Waals surface area contributed by atoms with Gasteiger partial charge in [0, 0.05) is 16.0 Å². The van der Waals surface area contributed by atoms with Crippen LogP contribution in [0.5, 0.6) is 0 Å². The fourth-order valence-electron chi connectivity index (χ4n) is 2.93. The largest absolute Gasteiger partial charge is 0.289 e. The molecule has 0 aliphatic heterocycles. The summed E-state index contributed by atoms with van der Waals surface area (Å²) in [7, 11) is 0. The first-order valence-corrected chi connectivity index (χ1v) is 6.78. The minimum absolute atomic E-state index is 0.00561. The molecule has 0 aliphatic carbocycles. The Morgan fingerprint density at radius 1 is 0.857 bits per heavy atom. The number of halogens is 1. The van der Waals surface area contributed by atoms with Crippen molar-refractivity contribution in [3.63, 3.8) is 0 Å². The topological polar surface area (TPSA) is 17.1 Å². The summed E-state index contributed by atoms with van der Waals surface area (Å²) in [6, 6.07) is 17.9. The van der Waals surface area contributed by atoms with E-state index in [0.29, 0.717) is 10.8 Å². The predicted octanol–water partition coefficient (Wildman–Crippen LogP) is 3.48. The summed E-state index contributed by atoms with van der Waals surface area (Å²) in [6.07, 6.45) is 1.76. The molecule has 21 heavy (non-hydrogen) atoms. The molecule has 4 aromatic rings. The van der Waals surface area contributed by atoms with Crippen molar-refractivity contribution in [2.45, 2.75) is 0 Å². The second-order valence-corrected chi connectivity index (χ2v) is 5.15. The lowest BCUT2D eigenvalue weighted by atomic mass is 10.1. The molecule has 0 saturated heterocycles. The lowest BCUT2D eigenvalue weighted by Crippen LogP contribution is -2.19. The zero-order valence-electron chi connectivity index (χ0n) is 11.1. The van der Waals surface area contributed by atoms with Crippen molar-refractivity contribution < 1.29 is 4.39 Å². The van der Waals surface area contributed by atoms with E-state index in [2.05, 4.69) is 0 Å². The van der Waals surface area contributed by atoms with Crippen molar-refractivity contribution in [3.05, 3.63) is 87.5 Å². The van der Waals surface area contributed by atoms with Crippen LogP contribution in [0.15, 0.2) is 65.5 Å². The summed E-state index contributed by atoms with van der Waals surface area (Å²) in [5.74, 6) is -0.300. The van der Waals surface area contributed by atoms with Gasteiger partial charge in [-0.1, -0.05) is 48.5 Å². The Morgan fingerprint density at radius 2 is 1.57 bits per heavy atom. The Balaban J connectivity index is 2.17. The van der Waals surface area contributed by atoms with Gasteiger partial charge in [-0.15, -0.1) is 0 Å². The third-order valence-corrected chi connectivity index (χ3v) is 3.84. The molecule has 0 fully saturated rings. The summed E-state index contributed by atoms with van der Waals surface area (Å²) < 4.78 is 13.3. The zero-order valence-corrected chi connectivity index (χ0v) is 11.1. The first-order valence-electron chi connectivity index (χ1n) is 6.78. The minimum atomic E-state index is -0.300. The van der Waals surface area contributed by atoms with Crippen LogP contribution in [0.3, 0.4) is 0 Å². The Labute approximate surface area is 120 Å². The Hall–Kier alpha value is -2.74. The van der Waals surface area contributed by atoms with E-state index in [1.165, 1.54) is 12.1 Å². The molecular weight excluding hydrogens is 263 g/mol. The van der Waals surface area contributed by atoms with Gasteiger partial charge in [-0.25, -0.2) is 4.39 Å². The molecule has 0 atom stereocenters. The van der Waals surface area contributed by atoms with Crippen LogP contribution >= 0.6 is 0 Å². The predicted molar refractivity (Wildman–Crippen MR) is 84.1 cm³/mol. The smallest absolute Gasteiger partial charge is 0.194 e. The Morgan fingerprint density at radius 3 is 2.33 bits per heavy atom. The lowest BCUT2D eigenvalue weighted by Gasteiger charge is -1.96.